The van der Waals surface area contributed by atoms with Gasteiger partial charge in [-0.3, -0.25) is 9.69 Å². The molecule has 0 aromatic heterocycles. The third-order valence-electron chi connectivity index (χ3n) is 4.76. The second kappa shape index (κ2) is 6.18. The SMILES string of the molecule is CC[C@H](C)[C@H]1C(=O)Nc2ccccc2N1C(=O)N1CC[C@H](F)C1. The zero-order valence-corrected chi connectivity index (χ0v) is 13.5. The molecule has 1 saturated heterocycles. The van der Waals surface area contributed by atoms with Crippen molar-refractivity contribution in [3.05, 3.63) is 24.3 Å². The minimum atomic E-state index is -0.977. The van der Waals surface area contributed by atoms with Crippen molar-refractivity contribution in [2.75, 3.05) is 23.3 Å². The van der Waals surface area contributed by atoms with Gasteiger partial charge in [0.25, 0.3) is 0 Å². The fourth-order valence-corrected chi connectivity index (χ4v) is 3.27. The number of nitrogens with one attached hydrogen (secondary N) is 1. The lowest BCUT2D eigenvalue weighted by atomic mass is 9.94. The molecular weight excluding hydrogens is 297 g/mol. The van der Waals surface area contributed by atoms with E-state index in [0.29, 0.717) is 24.3 Å². The molecule has 0 aliphatic carbocycles. The van der Waals surface area contributed by atoms with E-state index in [4.69, 9.17) is 0 Å². The standard InChI is InChI=1S/C17H22FN3O2/c1-3-11(2)15-16(22)19-13-6-4-5-7-14(13)21(15)17(23)20-9-8-12(18)10-20/h4-7,11-12,15H,3,8-10H2,1-2H3,(H,19,22)/t11-,12-,15-/m0/s1. The van der Waals surface area contributed by atoms with Crippen LogP contribution in [0.2, 0.25) is 0 Å². The Balaban J connectivity index is 2.00. The van der Waals surface area contributed by atoms with Crippen LogP contribution in [0.25, 0.3) is 0 Å². The van der Waals surface area contributed by atoms with E-state index in [0.717, 1.165) is 6.42 Å². The molecule has 23 heavy (non-hydrogen) atoms. The Morgan fingerprint density at radius 2 is 2.17 bits per heavy atom. The number of carbonyl (C=O) groups is 2. The van der Waals surface area contributed by atoms with Crippen molar-refractivity contribution in [1.29, 1.82) is 0 Å². The van der Waals surface area contributed by atoms with Crippen molar-refractivity contribution in [1.82, 2.24) is 4.90 Å². The van der Waals surface area contributed by atoms with E-state index in [-0.39, 0.29) is 24.4 Å². The van der Waals surface area contributed by atoms with Crippen LogP contribution >= 0.6 is 0 Å². The molecule has 1 aromatic rings. The number of halogens is 1. The molecular formula is C17H22FN3O2. The Labute approximate surface area is 135 Å². The lowest BCUT2D eigenvalue weighted by molar-refractivity contribution is -0.118. The number of likely N-dealkylation sites (tertiary alicyclic amines) is 1. The molecule has 1 fully saturated rings. The maximum absolute atomic E-state index is 13.5. The van der Waals surface area contributed by atoms with Crippen LogP contribution in [0.4, 0.5) is 20.6 Å². The van der Waals surface area contributed by atoms with Crippen molar-refractivity contribution in [2.24, 2.45) is 5.92 Å². The van der Waals surface area contributed by atoms with Gasteiger partial charge in [-0.1, -0.05) is 32.4 Å². The first-order chi connectivity index (χ1) is 11.0. The highest BCUT2D eigenvalue weighted by molar-refractivity contribution is 6.11. The summed E-state index contributed by atoms with van der Waals surface area (Å²) in [6, 6.07) is 6.41. The van der Waals surface area contributed by atoms with E-state index in [1.165, 1.54) is 4.90 Å². The summed E-state index contributed by atoms with van der Waals surface area (Å²) in [6.07, 6.45) is 0.159. The number of anilines is 2. The van der Waals surface area contributed by atoms with Crippen LogP contribution in [-0.4, -0.2) is 42.1 Å². The minimum absolute atomic E-state index is 0.0103. The second-order valence-electron chi connectivity index (χ2n) is 6.32. The van der Waals surface area contributed by atoms with E-state index in [1.54, 1.807) is 11.0 Å². The largest absolute Gasteiger partial charge is 0.325 e. The predicted molar refractivity (Wildman–Crippen MR) is 87.3 cm³/mol. The summed E-state index contributed by atoms with van der Waals surface area (Å²) in [6.45, 7) is 4.45. The number of urea groups is 1. The van der Waals surface area contributed by atoms with Crippen molar-refractivity contribution in [2.45, 2.75) is 38.9 Å². The van der Waals surface area contributed by atoms with Crippen LogP contribution in [0.15, 0.2) is 24.3 Å². The normalized spacial score (nSPS) is 25.1. The Morgan fingerprint density at radius 3 is 2.83 bits per heavy atom. The van der Waals surface area contributed by atoms with Gasteiger partial charge in [0.2, 0.25) is 5.91 Å². The van der Waals surface area contributed by atoms with Gasteiger partial charge in [-0.2, -0.15) is 0 Å². The highest BCUT2D eigenvalue weighted by Gasteiger charge is 2.42. The highest BCUT2D eigenvalue weighted by Crippen LogP contribution is 2.36. The van der Waals surface area contributed by atoms with Gasteiger partial charge >= 0.3 is 6.03 Å². The molecule has 3 atom stereocenters. The smallest absolute Gasteiger partial charge is 0.322 e. The summed E-state index contributed by atoms with van der Waals surface area (Å²) in [5.74, 6) is -0.168. The average molecular weight is 319 g/mol. The third kappa shape index (κ3) is 2.78. The molecule has 3 amide bonds. The fraction of sp³-hybridized carbons (Fsp3) is 0.529. The molecule has 0 unspecified atom stereocenters. The zero-order valence-electron chi connectivity index (χ0n) is 13.5. The van der Waals surface area contributed by atoms with Gasteiger partial charge in [-0.15, -0.1) is 0 Å². The number of carbonyl (C=O) groups excluding carboxylic acids is 2. The highest BCUT2D eigenvalue weighted by atomic mass is 19.1. The van der Waals surface area contributed by atoms with Crippen LogP contribution in [0.1, 0.15) is 26.7 Å². The minimum Gasteiger partial charge on any atom is -0.322 e. The summed E-state index contributed by atoms with van der Waals surface area (Å²) in [5, 5.41) is 2.88. The quantitative estimate of drug-likeness (QED) is 0.911. The van der Waals surface area contributed by atoms with Crippen LogP contribution in [0, 0.1) is 5.92 Å². The molecule has 2 aliphatic rings. The lowest BCUT2D eigenvalue weighted by Crippen LogP contribution is -2.57. The molecule has 5 nitrogen and oxygen atoms in total. The van der Waals surface area contributed by atoms with Gasteiger partial charge in [0.05, 0.1) is 17.9 Å². The number of hydrogen-bond donors (Lipinski definition) is 1. The summed E-state index contributed by atoms with van der Waals surface area (Å²) < 4.78 is 13.5. The first kappa shape index (κ1) is 15.8. The van der Waals surface area contributed by atoms with E-state index >= 15 is 0 Å². The number of benzene rings is 1. The molecule has 3 rings (SSSR count). The van der Waals surface area contributed by atoms with Crippen LogP contribution < -0.4 is 10.2 Å². The number of nitrogens with zero attached hydrogens (tertiary/aromatic N) is 2. The van der Waals surface area contributed by atoms with E-state index in [9.17, 15) is 14.0 Å². The molecule has 0 saturated carbocycles. The van der Waals surface area contributed by atoms with Gasteiger partial charge in [-0.05, 0) is 24.5 Å². The number of para-hydroxylation sites is 2. The molecule has 6 heteroatoms. The maximum Gasteiger partial charge on any atom is 0.325 e. The molecule has 0 radical (unpaired) electrons. The van der Waals surface area contributed by atoms with Crippen molar-refractivity contribution in [3.63, 3.8) is 0 Å². The predicted octanol–water partition coefficient (Wildman–Crippen LogP) is 3.02. The molecule has 1 N–H and O–H groups in total. The Kier molecular flexibility index (Phi) is 4.24. The van der Waals surface area contributed by atoms with Crippen molar-refractivity contribution in [3.8, 4) is 0 Å². The van der Waals surface area contributed by atoms with Gasteiger partial charge in [-0.25, -0.2) is 9.18 Å². The number of fused-ring (bicyclic) bond motifs is 1. The topological polar surface area (TPSA) is 52.7 Å². The van der Waals surface area contributed by atoms with E-state index in [2.05, 4.69) is 5.32 Å². The first-order valence-electron chi connectivity index (χ1n) is 8.15. The second-order valence-corrected chi connectivity index (χ2v) is 6.32. The summed E-state index contributed by atoms with van der Waals surface area (Å²) >= 11 is 0. The lowest BCUT2D eigenvalue weighted by Gasteiger charge is -2.40. The first-order valence-corrected chi connectivity index (χ1v) is 8.15. The van der Waals surface area contributed by atoms with Gasteiger partial charge in [0, 0.05) is 6.54 Å². The van der Waals surface area contributed by atoms with Crippen LogP contribution in [0.5, 0.6) is 0 Å². The Morgan fingerprint density at radius 1 is 1.43 bits per heavy atom. The van der Waals surface area contributed by atoms with Crippen molar-refractivity contribution < 1.29 is 14.0 Å². The fourth-order valence-electron chi connectivity index (χ4n) is 3.27. The molecule has 1 aromatic carbocycles. The number of hydrogen-bond acceptors (Lipinski definition) is 2. The number of alkyl halides is 1. The average Bonchev–Trinajstić information content (AvgIpc) is 2.98. The van der Waals surface area contributed by atoms with Crippen molar-refractivity contribution >= 4 is 23.3 Å². The van der Waals surface area contributed by atoms with Gasteiger partial charge < -0.3 is 10.2 Å². The third-order valence-corrected chi connectivity index (χ3v) is 4.76. The molecule has 0 spiro atoms. The summed E-state index contributed by atoms with van der Waals surface area (Å²) in [5.41, 5.74) is 1.31. The van der Waals surface area contributed by atoms with Gasteiger partial charge in [0.1, 0.15) is 12.2 Å². The van der Waals surface area contributed by atoms with E-state index < -0.39 is 12.2 Å². The molecule has 2 heterocycles. The molecule has 124 valence electrons. The Hall–Kier alpha value is -2.11. The summed E-state index contributed by atoms with van der Waals surface area (Å²) in [7, 11) is 0. The number of amides is 3. The maximum atomic E-state index is 13.5. The van der Waals surface area contributed by atoms with Crippen LogP contribution in [0.3, 0.4) is 0 Å². The molecule has 2 aliphatic heterocycles. The Bertz CT molecular complexity index is 622. The molecule has 0 bridgehead atoms. The number of rotatable bonds is 2. The monoisotopic (exact) mass is 319 g/mol. The summed E-state index contributed by atoms with van der Waals surface area (Å²) in [4.78, 5) is 28.6. The zero-order chi connectivity index (χ0) is 16.6. The van der Waals surface area contributed by atoms with Gasteiger partial charge in [0.15, 0.2) is 0 Å². The van der Waals surface area contributed by atoms with E-state index in [1.807, 2.05) is 32.0 Å². The van der Waals surface area contributed by atoms with Crippen LogP contribution in [-0.2, 0) is 4.79 Å².